The van der Waals surface area contributed by atoms with Gasteiger partial charge in [0.1, 0.15) is 6.10 Å². The fraction of sp³-hybridized carbons (Fsp3) is 0.294. The van der Waals surface area contributed by atoms with Crippen molar-refractivity contribution in [3.63, 3.8) is 0 Å². The fourth-order valence-electron chi connectivity index (χ4n) is 2.10. The van der Waals surface area contributed by atoms with E-state index < -0.39 is 6.10 Å². The maximum absolute atomic E-state index is 10.3. The van der Waals surface area contributed by atoms with Crippen LogP contribution in [0.3, 0.4) is 0 Å². The third-order valence-electron chi connectivity index (χ3n) is 3.28. The van der Waals surface area contributed by atoms with Gasteiger partial charge in [0.2, 0.25) is 0 Å². The Morgan fingerprint density at radius 1 is 0.833 bits per heavy atom. The molecule has 2 rings (SSSR count). The van der Waals surface area contributed by atoms with Gasteiger partial charge in [0.15, 0.2) is 0 Å². The minimum Gasteiger partial charge on any atom is -0.384 e. The largest absolute Gasteiger partial charge is 0.384 e. The monoisotopic (exact) mass is 240 g/mol. The number of benzene rings is 2. The first kappa shape index (κ1) is 12.8. The number of aliphatic hydroxyl groups is 1. The second-order valence-corrected chi connectivity index (χ2v) is 5.14. The van der Waals surface area contributed by atoms with Crippen LogP contribution in [0.15, 0.2) is 48.5 Å². The van der Waals surface area contributed by atoms with E-state index in [0.29, 0.717) is 5.92 Å². The van der Waals surface area contributed by atoms with Gasteiger partial charge in [0.25, 0.3) is 0 Å². The van der Waals surface area contributed by atoms with Crippen LogP contribution in [-0.4, -0.2) is 5.11 Å². The van der Waals surface area contributed by atoms with Crippen LogP contribution in [0.5, 0.6) is 0 Å². The Hall–Kier alpha value is -1.60. The molecule has 0 radical (unpaired) electrons. The molecule has 0 heterocycles. The van der Waals surface area contributed by atoms with Gasteiger partial charge in [-0.25, -0.2) is 0 Å². The number of rotatable bonds is 3. The fourth-order valence-corrected chi connectivity index (χ4v) is 2.10. The zero-order valence-electron chi connectivity index (χ0n) is 11.2. The van der Waals surface area contributed by atoms with Gasteiger partial charge in [-0.1, -0.05) is 67.9 Å². The van der Waals surface area contributed by atoms with Crippen molar-refractivity contribution in [3.05, 3.63) is 70.8 Å². The molecule has 0 aliphatic carbocycles. The first-order valence-electron chi connectivity index (χ1n) is 6.42. The Labute approximate surface area is 109 Å². The Morgan fingerprint density at radius 2 is 1.44 bits per heavy atom. The quantitative estimate of drug-likeness (QED) is 0.852. The summed E-state index contributed by atoms with van der Waals surface area (Å²) in [4.78, 5) is 0. The van der Waals surface area contributed by atoms with E-state index in [2.05, 4.69) is 26.0 Å². The Morgan fingerprint density at radius 3 is 2.00 bits per heavy atom. The van der Waals surface area contributed by atoms with E-state index in [4.69, 9.17) is 0 Å². The zero-order valence-corrected chi connectivity index (χ0v) is 11.2. The Bertz CT molecular complexity index is 511. The summed E-state index contributed by atoms with van der Waals surface area (Å²) >= 11 is 0. The molecule has 2 aromatic rings. The molecule has 94 valence electrons. The first-order chi connectivity index (χ1) is 8.58. The summed E-state index contributed by atoms with van der Waals surface area (Å²) in [5, 5.41) is 10.3. The van der Waals surface area contributed by atoms with Crippen molar-refractivity contribution in [1.82, 2.24) is 0 Å². The molecule has 1 N–H and O–H groups in total. The molecule has 0 aliphatic heterocycles. The number of aryl methyl sites for hydroxylation is 1. The minimum absolute atomic E-state index is 0.523. The average Bonchev–Trinajstić information content (AvgIpc) is 2.38. The topological polar surface area (TPSA) is 20.2 Å². The normalized spacial score (nSPS) is 12.7. The van der Waals surface area contributed by atoms with Gasteiger partial charge >= 0.3 is 0 Å². The van der Waals surface area contributed by atoms with Gasteiger partial charge < -0.3 is 5.11 Å². The Balaban J connectivity index is 2.26. The minimum atomic E-state index is -0.536. The van der Waals surface area contributed by atoms with Gasteiger partial charge in [-0.3, -0.25) is 0 Å². The molecular formula is C17H20O. The predicted octanol–water partition coefficient (Wildman–Crippen LogP) is 4.20. The molecule has 1 heteroatoms. The van der Waals surface area contributed by atoms with E-state index in [1.54, 1.807) is 0 Å². The first-order valence-corrected chi connectivity index (χ1v) is 6.42. The summed E-state index contributed by atoms with van der Waals surface area (Å²) in [6, 6.07) is 16.2. The van der Waals surface area contributed by atoms with Crippen molar-refractivity contribution in [2.24, 2.45) is 0 Å². The van der Waals surface area contributed by atoms with E-state index in [9.17, 15) is 5.11 Å². The summed E-state index contributed by atoms with van der Waals surface area (Å²) in [5.41, 5.74) is 4.37. The van der Waals surface area contributed by atoms with E-state index in [1.807, 2.05) is 43.3 Å². The van der Waals surface area contributed by atoms with E-state index >= 15 is 0 Å². The lowest BCUT2D eigenvalue weighted by Gasteiger charge is -2.13. The lowest BCUT2D eigenvalue weighted by atomic mass is 9.96. The number of hydrogen-bond acceptors (Lipinski definition) is 1. The molecule has 0 amide bonds. The van der Waals surface area contributed by atoms with E-state index in [0.717, 1.165) is 11.1 Å². The summed E-state index contributed by atoms with van der Waals surface area (Å²) in [6.45, 7) is 6.38. The molecule has 0 saturated carbocycles. The second kappa shape index (κ2) is 5.36. The van der Waals surface area contributed by atoms with Crippen LogP contribution in [0.1, 0.15) is 48.1 Å². The maximum Gasteiger partial charge on any atom is 0.104 e. The third-order valence-corrected chi connectivity index (χ3v) is 3.28. The van der Waals surface area contributed by atoms with Crippen molar-refractivity contribution in [3.8, 4) is 0 Å². The van der Waals surface area contributed by atoms with Gasteiger partial charge in [-0.15, -0.1) is 0 Å². The smallest absolute Gasteiger partial charge is 0.104 e. The highest BCUT2D eigenvalue weighted by molar-refractivity contribution is 5.34. The van der Waals surface area contributed by atoms with E-state index in [-0.39, 0.29) is 0 Å². The molecular weight excluding hydrogens is 220 g/mol. The lowest BCUT2D eigenvalue weighted by Crippen LogP contribution is -2.00. The summed E-state index contributed by atoms with van der Waals surface area (Å²) in [5.74, 6) is 0.523. The van der Waals surface area contributed by atoms with Crippen molar-refractivity contribution < 1.29 is 5.11 Å². The summed E-state index contributed by atoms with van der Waals surface area (Å²) in [6.07, 6.45) is -0.536. The van der Waals surface area contributed by atoms with E-state index in [1.165, 1.54) is 11.1 Å². The van der Waals surface area contributed by atoms with Gasteiger partial charge in [-0.05, 0) is 29.5 Å². The molecule has 0 aliphatic rings. The van der Waals surface area contributed by atoms with Crippen LogP contribution in [0, 0.1) is 6.92 Å². The van der Waals surface area contributed by atoms with Crippen LogP contribution < -0.4 is 0 Å². The molecule has 2 aromatic carbocycles. The molecule has 0 aromatic heterocycles. The summed E-state index contributed by atoms with van der Waals surface area (Å²) < 4.78 is 0. The SMILES string of the molecule is Cc1cccc(C(O)c2ccc(C(C)C)cc2)c1. The Kier molecular flexibility index (Phi) is 3.83. The number of hydrogen-bond donors (Lipinski definition) is 1. The molecule has 0 fully saturated rings. The molecule has 1 atom stereocenters. The molecule has 0 bridgehead atoms. The standard InChI is InChI=1S/C17H20O/c1-12(2)14-7-9-15(10-8-14)17(18)16-6-4-5-13(3)11-16/h4-12,17-18H,1-3H3. The highest BCUT2D eigenvalue weighted by Crippen LogP contribution is 2.24. The average molecular weight is 240 g/mol. The molecule has 1 unspecified atom stereocenters. The maximum atomic E-state index is 10.3. The molecule has 18 heavy (non-hydrogen) atoms. The van der Waals surface area contributed by atoms with Crippen LogP contribution in [0.25, 0.3) is 0 Å². The third kappa shape index (κ3) is 2.80. The van der Waals surface area contributed by atoms with Crippen molar-refractivity contribution in [2.45, 2.75) is 32.8 Å². The van der Waals surface area contributed by atoms with Crippen molar-refractivity contribution >= 4 is 0 Å². The highest BCUT2D eigenvalue weighted by Gasteiger charge is 2.10. The second-order valence-electron chi connectivity index (χ2n) is 5.14. The van der Waals surface area contributed by atoms with Crippen LogP contribution in [0.2, 0.25) is 0 Å². The van der Waals surface area contributed by atoms with Crippen LogP contribution >= 0.6 is 0 Å². The predicted molar refractivity (Wildman–Crippen MR) is 75.8 cm³/mol. The number of aliphatic hydroxyl groups excluding tert-OH is 1. The molecule has 1 nitrogen and oxygen atoms in total. The highest BCUT2D eigenvalue weighted by atomic mass is 16.3. The lowest BCUT2D eigenvalue weighted by molar-refractivity contribution is 0.220. The van der Waals surface area contributed by atoms with Gasteiger partial charge in [0, 0.05) is 0 Å². The van der Waals surface area contributed by atoms with Crippen LogP contribution in [-0.2, 0) is 0 Å². The van der Waals surface area contributed by atoms with Crippen LogP contribution in [0.4, 0.5) is 0 Å². The summed E-state index contributed by atoms with van der Waals surface area (Å²) in [7, 11) is 0. The molecule has 0 saturated heterocycles. The van der Waals surface area contributed by atoms with Crippen molar-refractivity contribution in [1.29, 1.82) is 0 Å². The zero-order chi connectivity index (χ0) is 13.1. The molecule has 0 spiro atoms. The van der Waals surface area contributed by atoms with Gasteiger partial charge in [-0.2, -0.15) is 0 Å². The van der Waals surface area contributed by atoms with Crippen molar-refractivity contribution in [2.75, 3.05) is 0 Å². The van der Waals surface area contributed by atoms with Gasteiger partial charge in [0.05, 0.1) is 0 Å².